The quantitative estimate of drug-likeness (QED) is 0.654. The third-order valence-corrected chi connectivity index (χ3v) is 3.11. The standard InChI is InChI=1S/C7H13NO2S/c1-11-4-7(2-3-7)5(8)6(9)10/h5H,2-4,8H2,1H3,(H,9,10). The van der Waals surface area contributed by atoms with Gasteiger partial charge in [0.25, 0.3) is 0 Å². The average molecular weight is 175 g/mol. The number of carboxylic acid groups (broad SMARTS) is 1. The number of thioether (sulfide) groups is 1. The van der Waals surface area contributed by atoms with Crippen molar-refractivity contribution in [2.24, 2.45) is 11.1 Å². The van der Waals surface area contributed by atoms with Crippen LogP contribution in [0, 0.1) is 5.41 Å². The number of carbonyl (C=O) groups is 1. The van der Waals surface area contributed by atoms with E-state index in [2.05, 4.69) is 0 Å². The maximum absolute atomic E-state index is 10.5. The molecule has 1 rings (SSSR count). The fourth-order valence-electron chi connectivity index (χ4n) is 1.26. The summed E-state index contributed by atoms with van der Waals surface area (Å²) in [7, 11) is 0. The molecule has 4 heteroatoms. The molecule has 0 aromatic rings. The van der Waals surface area contributed by atoms with Gasteiger partial charge in [-0.05, 0) is 19.1 Å². The summed E-state index contributed by atoms with van der Waals surface area (Å²) in [6.07, 6.45) is 3.93. The average Bonchev–Trinajstić information content (AvgIpc) is 2.69. The number of carboxylic acids is 1. The van der Waals surface area contributed by atoms with Crippen molar-refractivity contribution in [3.63, 3.8) is 0 Å². The van der Waals surface area contributed by atoms with E-state index in [1.165, 1.54) is 0 Å². The van der Waals surface area contributed by atoms with Crippen LogP contribution in [0.2, 0.25) is 0 Å². The molecule has 1 atom stereocenters. The van der Waals surface area contributed by atoms with E-state index in [-0.39, 0.29) is 5.41 Å². The van der Waals surface area contributed by atoms with Crippen molar-refractivity contribution < 1.29 is 9.90 Å². The lowest BCUT2D eigenvalue weighted by Crippen LogP contribution is -2.40. The number of aliphatic carboxylic acids is 1. The molecule has 3 N–H and O–H groups in total. The minimum absolute atomic E-state index is 0.0781. The first-order valence-corrected chi connectivity index (χ1v) is 4.99. The molecule has 0 radical (unpaired) electrons. The predicted molar refractivity (Wildman–Crippen MR) is 45.7 cm³/mol. The lowest BCUT2D eigenvalue weighted by atomic mass is 10.0. The van der Waals surface area contributed by atoms with Crippen molar-refractivity contribution in [1.82, 2.24) is 0 Å². The Kier molecular flexibility index (Phi) is 2.44. The third kappa shape index (κ3) is 1.68. The second-order valence-electron chi connectivity index (χ2n) is 3.11. The van der Waals surface area contributed by atoms with E-state index in [1.54, 1.807) is 11.8 Å². The van der Waals surface area contributed by atoms with Gasteiger partial charge in [-0.3, -0.25) is 4.79 Å². The summed E-state index contributed by atoms with van der Waals surface area (Å²) < 4.78 is 0. The first-order valence-electron chi connectivity index (χ1n) is 3.60. The Morgan fingerprint density at radius 2 is 2.36 bits per heavy atom. The van der Waals surface area contributed by atoms with Gasteiger partial charge >= 0.3 is 5.97 Å². The van der Waals surface area contributed by atoms with Crippen molar-refractivity contribution in [1.29, 1.82) is 0 Å². The van der Waals surface area contributed by atoms with Gasteiger partial charge < -0.3 is 10.8 Å². The number of hydrogen-bond acceptors (Lipinski definition) is 3. The molecule has 0 spiro atoms. The smallest absolute Gasteiger partial charge is 0.321 e. The van der Waals surface area contributed by atoms with Crippen LogP contribution in [0.1, 0.15) is 12.8 Å². The molecule has 1 unspecified atom stereocenters. The highest BCUT2D eigenvalue weighted by atomic mass is 32.2. The maximum Gasteiger partial charge on any atom is 0.321 e. The fraction of sp³-hybridized carbons (Fsp3) is 0.857. The minimum Gasteiger partial charge on any atom is -0.480 e. The Labute approximate surface area is 70.3 Å². The summed E-state index contributed by atoms with van der Waals surface area (Å²) in [6, 6.07) is -0.657. The lowest BCUT2D eigenvalue weighted by molar-refractivity contribution is -0.140. The Morgan fingerprint density at radius 3 is 2.64 bits per heavy atom. The van der Waals surface area contributed by atoms with E-state index in [0.717, 1.165) is 18.6 Å². The van der Waals surface area contributed by atoms with Gasteiger partial charge in [-0.15, -0.1) is 0 Å². The summed E-state index contributed by atoms with van der Waals surface area (Å²) in [6.45, 7) is 0. The molecule has 1 fully saturated rings. The first-order chi connectivity index (χ1) is 5.12. The molecule has 0 heterocycles. The SMILES string of the molecule is CSCC1(C(N)C(=O)O)CC1. The van der Waals surface area contributed by atoms with Crippen molar-refractivity contribution in [3.05, 3.63) is 0 Å². The van der Waals surface area contributed by atoms with Crippen molar-refractivity contribution >= 4 is 17.7 Å². The summed E-state index contributed by atoms with van der Waals surface area (Å²) in [5.74, 6) is 0.0112. The second-order valence-corrected chi connectivity index (χ2v) is 3.98. The Balaban J connectivity index is 2.50. The Bertz CT molecular complexity index is 168. The van der Waals surface area contributed by atoms with Crippen LogP contribution in [0.25, 0.3) is 0 Å². The molecular formula is C7H13NO2S. The molecule has 0 bridgehead atoms. The van der Waals surface area contributed by atoms with Gasteiger partial charge in [-0.1, -0.05) is 0 Å². The number of nitrogens with two attached hydrogens (primary N) is 1. The van der Waals surface area contributed by atoms with Gasteiger partial charge in [0.15, 0.2) is 0 Å². The highest BCUT2D eigenvalue weighted by Gasteiger charge is 2.50. The second kappa shape index (κ2) is 3.03. The Hall–Kier alpha value is -0.220. The van der Waals surface area contributed by atoms with Crippen LogP contribution < -0.4 is 5.73 Å². The number of hydrogen-bond donors (Lipinski definition) is 2. The van der Waals surface area contributed by atoms with Crippen LogP contribution in [-0.2, 0) is 4.79 Å². The molecule has 11 heavy (non-hydrogen) atoms. The molecule has 0 aliphatic heterocycles. The molecule has 0 amide bonds. The van der Waals surface area contributed by atoms with E-state index in [4.69, 9.17) is 10.8 Å². The summed E-state index contributed by atoms with van der Waals surface area (Å²) >= 11 is 1.67. The third-order valence-electron chi connectivity index (χ3n) is 2.25. The van der Waals surface area contributed by atoms with Crippen LogP contribution in [0.3, 0.4) is 0 Å². The molecule has 0 saturated heterocycles. The summed E-state index contributed by atoms with van der Waals surface area (Å²) in [4.78, 5) is 10.5. The summed E-state index contributed by atoms with van der Waals surface area (Å²) in [5.41, 5.74) is 5.45. The van der Waals surface area contributed by atoms with Crippen molar-refractivity contribution in [2.75, 3.05) is 12.0 Å². The zero-order chi connectivity index (χ0) is 8.48. The van der Waals surface area contributed by atoms with E-state index >= 15 is 0 Å². The van der Waals surface area contributed by atoms with Crippen LogP contribution >= 0.6 is 11.8 Å². The minimum atomic E-state index is -0.864. The van der Waals surface area contributed by atoms with E-state index in [0.29, 0.717) is 0 Å². The molecule has 1 aliphatic carbocycles. The molecule has 64 valence electrons. The summed E-state index contributed by atoms with van der Waals surface area (Å²) in [5, 5.41) is 8.65. The van der Waals surface area contributed by atoms with Crippen LogP contribution in [0.5, 0.6) is 0 Å². The van der Waals surface area contributed by atoms with Gasteiger partial charge in [0, 0.05) is 11.2 Å². The van der Waals surface area contributed by atoms with Crippen LogP contribution in [0.15, 0.2) is 0 Å². The lowest BCUT2D eigenvalue weighted by Gasteiger charge is -2.17. The van der Waals surface area contributed by atoms with Crippen molar-refractivity contribution in [3.8, 4) is 0 Å². The van der Waals surface area contributed by atoms with E-state index in [1.807, 2.05) is 6.26 Å². The molecule has 3 nitrogen and oxygen atoms in total. The van der Waals surface area contributed by atoms with Crippen LogP contribution in [-0.4, -0.2) is 29.1 Å². The maximum atomic E-state index is 10.5. The molecule has 1 saturated carbocycles. The van der Waals surface area contributed by atoms with E-state index < -0.39 is 12.0 Å². The zero-order valence-electron chi connectivity index (χ0n) is 6.54. The highest BCUT2D eigenvalue weighted by Crippen LogP contribution is 2.49. The highest BCUT2D eigenvalue weighted by molar-refractivity contribution is 7.98. The number of rotatable bonds is 4. The normalized spacial score (nSPS) is 22.7. The monoisotopic (exact) mass is 175 g/mol. The van der Waals surface area contributed by atoms with Gasteiger partial charge in [0.05, 0.1) is 0 Å². The molecule has 1 aliphatic rings. The van der Waals surface area contributed by atoms with Gasteiger partial charge in [0.2, 0.25) is 0 Å². The molecule has 0 aromatic heterocycles. The zero-order valence-corrected chi connectivity index (χ0v) is 7.36. The molecular weight excluding hydrogens is 162 g/mol. The molecule has 0 aromatic carbocycles. The van der Waals surface area contributed by atoms with Gasteiger partial charge in [-0.25, -0.2) is 0 Å². The largest absolute Gasteiger partial charge is 0.480 e. The van der Waals surface area contributed by atoms with E-state index in [9.17, 15) is 4.79 Å². The fourth-order valence-corrected chi connectivity index (χ4v) is 2.30. The Morgan fingerprint density at radius 1 is 1.82 bits per heavy atom. The van der Waals surface area contributed by atoms with Gasteiger partial charge in [-0.2, -0.15) is 11.8 Å². The van der Waals surface area contributed by atoms with Crippen LogP contribution in [0.4, 0.5) is 0 Å². The van der Waals surface area contributed by atoms with Crippen molar-refractivity contribution in [2.45, 2.75) is 18.9 Å². The van der Waals surface area contributed by atoms with Gasteiger partial charge in [0.1, 0.15) is 6.04 Å². The first kappa shape index (κ1) is 8.87. The topological polar surface area (TPSA) is 63.3 Å². The predicted octanol–water partition coefficient (Wildman–Crippen LogP) is 0.541.